The summed E-state index contributed by atoms with van der Waals surface area (Å²) in [5.41, 5.74) is -1.38. The Bertz CT molecular complexity index is 399. The molecule has 100 valence electrons. The number of sulfonamides is 1. The Labute approximate surface area is 98.2 Å². The van der Waals surface area contributed by atoms with Crippen molar-refractivity contribution in [3.05, 3.63) is 0 Å². The van der Waals surface area contributed by atoms with Gasteiger partial charge in [-0.15, -0.1) is 0 Å². The van der Waals surface area contributed by atoms with E-state index in [1.807, 2.05) is 0 Å². The van der Waals surface area contributed by atoms with Crippen LogP contribution in [0.5, 0.6) is 0 Å². The number of fused-ring (bicyclic) bond motifs is 2. The van der Waals surface area contributed by atoms with Crippen molar-refractivity contribution in [2.24, 2.45) is 0 Å². The van der Waals surface area contributed by atoms with Crippen molar-refractivity contribution >= 4 is 10.0 Å². The fourth-order valence-corrected chi connectivity index (χ4v) is 2.82. The summed E-state index contributed by atoms with van der Waals surface area (Å²) in [7, 11) is -3.57. The molecule has 0 radical (unpaired) electrons. The molecule has 2 heterocycles. The van der Waals surface area contributed by atoms with Crippen LogP contribution in [0, 0.1) is 0 Å². The van der Waals surface area contributed by atoms with Gasteiger partial charge in [0.1, 0.15) is 23.9 Å². The zero-order valence-electron chi connectivity index (χ0n) is 9.11. The molecule has 17 heavy (non-hydrogen) atoms. The van der Waals surface area contributed by atoms with Gasteiger partial charge >= 0.3 is 0 Å². The normalized spacial score (nSPS) is 46.1. The highest BCUT2D eigenvalue weighted by Crippen LogP contribution is 2.36. The lowest BCUT2D eigenvalue weighted by molar-refractivity contribution is -0.230. The van der Waals surface area contributed by atoms with Gasteiger partial charge in [0.2, 0.25) is 10.0 Å². The van der Waals surface area contributed by atoms with Gasteiger partial charge in [-0.1, -0.05) is 0 Å². The minimum atomic E-state index is -3.57. The predicted octanol–water partition coefficient (Wildman–Crippen LogP) is -3.26. The second-order valence-electron chi connectivity index (χ2n) is 4.37. The first kappa shape index (κ1) is 13.1. The first-order chi connectivity index (χ1) is 7.79. The average molecular weight is 269 g/mol. The van der Waals surface area contributed by atoms with E-state index >= 15 is 0 Å². The summed E-state index contributed by atoms with van der Waals surface area (Å²) in [6.45, 7) is -0.623. The fourth-order valence-electron chi connectivity index (χ4n) is 2.07. The van der Waals surface area contributed by atoms with Crippen LogP contribution in [0.2, 0.25) is 0 Å². The maximum atomic E-state index is 11.1. The van der Waals surface area contributed by atoms with Gasteiger partial charge in [-0.25, -0.2) is 13.1 Å². The molecule has 8 nitrogen and oxygen atoms in total. The topological polar surface area (TPSA) is 125 Å². The molecule has 2 rings (SSSR count). The number of hydrogen-bond donors (Lipinski definition) is 4. The molecule has 0 aromatic rings. The molecule has 2 aliphatic heterocycles. The van der Waals surface area contributed by atoms with Crippen molar-refractivity contribution in [1.82, 2.24) is 4.72 Å². The van der Waals surface area contributed by atoms with Crippen molar-refractivity contribution in [2.45, 2.75) is 30.1 Å². The second-order valence-corrected chi connectivity index (χ2v) is 6.15. The SMILES string of the molecule is CS(=O)(=O)N[C@H]1[C@@H]2OC[C@](CO)(O2)[C@H](O)[C@@H]1O. The van der Waals surface area contributed by atoms with Crippen LogP contribution in [-0.4, -0.2) is 73.3 Å². The van der Waals surface area contributed by atoms with Crippen molar-refractivity contribution < 1.29 is 33.2 Å². The van der Waals surface area contributed by atoms with Gasteiger partial charge in [-0.05, 0) is 0 Å². The Balaban J connectivity index is 2.23. The zero-order chi connectivity index (χ0) is 12.8. The molecule has 2 aliphatic rings. The molecule has 2 bridgehead atoms. The Morgan fingerprint density at radius 3 is 2.65 bits per heavy atom. The quantitative estimate of drug-likeness (QED) is 0.424. The highest BCUT2D eigenvalue weighted by Gasteiger charge is 2.59. The number of aliphatic hydroxyl groups is 3. The molecule has 0 aliphatic carbocycles. The van der Waals surface area contributed by atoms with Crippen LogP contribution in [0.25, 0.3) is 0 Å². The van der Waals surface area contributed by atoms with Gasteiger partial charge in [-0.2, -0.15) is 0 Å². The summed E-state index contributed by atoms with van der Waals surface area (Å²) in [5, 5.41) is 28.8. The van der Waals surface area contributed by atoms with Crippen LogP contribution in [0.1, 0.15) is 0 Å². The Kier molecular flexibility index (Phi) is 3.19. The van der Waals surface area contributed by atoms with Crippen molar-refractivity contribution in [1.29, 1.82) is 0 Å². The van der Waals surface area contributed by atoms with Gasteiger partial charge in [0.25, 0.3) is 0 Å². The number of ether oxygens (including phenoxy) is 2. The standard InChI is InChI=1S/C8H15NO7S/c1-17(13,14)9-4-5(11)6(12)8(2-10)3-15-7(4)16-8/h4-7,9-12H,2-3H2,1H3/t4-,5-,6-,7-,8+/m1/s1. The van der Waals surface area contributed by atoms with E-state index in [4.69, 9.17) is 14.6 Å². The molecule has 0 spiro atoms. The maximum Gasteiger partial charge on any atom is 0.209 e. The summed E-state index contributed by atoms with van der Waals surface area (Å²) in [5.74, 6) is 0. The number of rotatable bonds is 3. The van der Waals surface area contributed by atoms with E-state index in [2.05, 4.69) is 4.72 Å². The van der Waals surface area contributed by atoms with Gasteiger partial charge in [0.15, 0.2) is 6.29 Å². The molecule has 9 heteroatoms. The fraction of sp³-hybridized carbons (Fsp3) is 1.00. The summed E-state index contributed by atoms with van der Waals surface area (Å²) >= 11 is 0. The van der Waals surface area contributed by atoms with Gasteiger partial charge < -0.3 is 24.8 Å². The molecular formula is C8H15NO7S. The van der Waals surface area contributed by atoms with Crippen LogP contribution in [-0.2, 0) is 19.5 Å². The van der Waals surface area contributed by atoms with Crippen LogP contribution in [0.3, 0.4) is 0 Å². The second kappa shape index (κ2) is 4.12. The number of aliphatic hydroxyl groups excluding tert-OH is 3. The summed E-state index contributed by atoms with van der Waals surface area (Å²) < 4.78 is 34.8. The van der Waals surface area contributed by atoms with Crippen molar-refractivity contribution in [2.75, 3.05) is 19.5 Å². The molecule has 4 N–H and O–H groups in total. The highest BCUT2D eigenvalue weighted by molar-refractivity contribution is 7.88. The van der Waals surface area contributed by atoms with E-state index in [-0.39, 0.29) is 6.61 Å². The molecular weight excluding hydrogens is 254 g/mol. The third-order valence-corrected chi connectivity index (χ3v) is 3.68. The Morgan fingerprint density at radius 2 is 2.12 bits per heavy atom. The van der Waals surface area contributed by atoms with Gasteiger partial charge in [-0.3, -0.25) is 0 Å². The highest BCUT2D eigenvalue weighted by atomic mass is 32.2. The molecule has 0 amide bonds. The Morgan fingerprint density at radius 1 is 1.47 bits per heavy atom. The van der Waals surface area contributed by atoms with E-state index in [0.29, 0.717) is 0 Å². The van der Waals surface area contributed by atoms with Crippen molar-refractivity contribution in [3.63, 3.8) is 0 Å². The molecule has 2 saturated heterocycles. The van der Waals surface area contributed by atoms with E-state index in [1.54, 1.807) is 0 Å². The monoisotopic (exact) mass is 269 g/mol. The number of nitrogens with one attached hydrogen (secondary N) is 1. The molecule has 0 saturated carbocycles. The summed E-state index contributed by atoms with van der Waals surface area (Å²) in [6.07, 6.45) is -2.92. The molecule has 0 aromatic heterocycles. The first-order valence-electron chi connectivity index (χ1n) is 5.03. The third-order valence-electron chi connectivity index (χ3n) is 2.98. The lowest BCUT2D eigenvalue weighted by atomic mass is 9.89. The molecule has 0 unspecified atom stereocenters. The Hall–Kier alpha value is -0.290. The first-order valence-corrected chi connectivity index (χ1v) is 6.92. The average Bonchev–Trinajstić information content (AvgIpc) is 2.64. The smallest absolute Gasteiger partial charge is 0.209 e. The van der Waals surface area contributed by atoms with Gasteiger partial charge in [0.05, 0.1) is 19.5 Å². The predicted molar refractivity (Wildman–Crippen MR) is 54.4 cm³/mol. The van der Waals surface area contributed by atoms with Crippen LogP contribution < -0.4 is 4.72 Å². The van der Waals surface area contributed by atoms with Gasteiger partial charge in [0, 0.05) is 0 Å². The van der Waals surface area contributed by atoms with E-state index < -0.39 is 46.8 Å². The number of hydrogen-bond acceptors (Lipinski definition) is 7. The third kappa shape index (κ3) is 2.19. The van der Waals surface area contributed by atoms with E-state index in [9.17, 15) is 18.6 Å². The van der Waals surface area contributed by atoms with E-state index in [1.165, 1.54) is 0 Å². The molecule has 5 atom stereocenters. The van der Waals surface area contributed by atoms with Crippen molar-refractivity contribution in [3.8, 4) is 0 Å². The zero-order valence-corrected chi connectivity index (χ0v) is 9.92. The van der Waals surface area contributed by atoms with E-state index in [0.717, 1.165) is 6.26 Å². The lowest BCUT2D eigenvalue weighted by Crippen LogP contribution is -2.66. The summed E-state index contributed by atoms with van der Waals surface area (Å²) in [6, 6.07) is -1.10. The summed E-state index contributed by atoms with van der Waals surface area (Å²) in [4.78, 5) is 0. The van der Waals surface area contributed by atoms with Crippen LogP contribution in [0.4, 0.5) is 0 Å². The molecule has 2 fully saturated rings. The largest absolute Gasteiger partial charge is 0.393 e. The molecule has 0 aromatic carbocycles. The van der Waals surface area contributed by atoms with Crippen LogP contribution >= 0.6 is 0 Å². The van der Waals surface area contributed by atoms with Crippen LogP contribution in [0.15, 0.2) is 0 Å². The minimum absolute atomic E-state index is 0.103. The minimum Gasteiger partial charge on any atom is -0.393 e. The maximum absolute atomic E-state index is 11.1. The lowest BCUT2D eigenvalue weighted by Gasteiger charge is -2.41.